The fourth-order valence-corrected chi connectivity index (χ4v) is 0.444. The zero-order valence-corrected chi connectivity index (χ0v) is 5.10. The van der Waals surface area contributed by atoms with Gasteiger partial charge >= 0.3 is 0 Å². The lowest BCUT2D eigenvalue weighted by Crippen LogP contribution is -2.01. The number of aromatic nitrogens is 2. The van der Waals surface area contributed by atoms with Crippen molar-refractivity contribution >= 4 is 12.3 Å². The number of nitrogens with one attached hydrogen (secondary N) is 1. The Morgan fingerprint density at radius 1 is 1.50 bits per heavy atom. The Morgan fingerprint density at radius 3 is 2.80 bits per heavy atom. The molecule has 1 aromatic rings. The van der Waals surface area contributed by atoms with E-state index in [1.165, 1.54) is 0 Å². The third-order valence-corrected chi connectivity index (χ3v) is 0.790. The maximum Gasteiger partial charge on any atom is 0.250 e. The van der Waals surface area contributed by atoms with E-state index in [0.29, 0.717) is 5.95 Å². The normalized spacial score (nSPS) is 10.1. The average molecular weight is 138 g/mol. The van der Waals surface area contributed by atoms with Crippen LogP contribution in [0.15, 0.2) is 23.5 Å². The van der Waals surface area contributed by atoms with E-state index < -0.39 is 0 Å². The average Bonchev–Trinajstić information content (AvgIpc) is 2.03. The van der Waals surface area contributed by atoms with Gasteiger partial charge < -0.3 is 0 Å². The van der Waals surface area contributed by atoms with Gasteiger partial charge in [0, 0.05) is 12.4 Å². The number of hydrogen-bond donors (Lipinski definition) is 2. The molecule has 0 spiro atoms. The van der Waals surface area contributed by atoms with Crippen LogP contribution in [0.3, 0.4) is 0 Å². The Morgan fingerprint density at radius 2 is 2.20 bits per heavy atom. The molecular weight excluding hydrogens is 132 g/mol. The Labute approximate surface area is 57.4 Å². The summed E-state index contributed by atoms with van der Waals surface area (Å²) < 4.78 is 0. The molecule has 5 nitrogen and oxygen atoms in total. The van der Waals surface area contributed by atoms with Crippen LogP contribution in [0.5, 0.6) is 0 Å². The molecule has 0 amide bonds. The standard InChI is InChI=1S/C5H6N4O/c10-9-4-8-5-6-2-1-3-7-5/h1-4,10H,(H,6,7,8,9). The van der Waals surface area contributed by atoms with Crippen molar-refractivity contribution in [2.24, 2.45) is 4.99 Å². The fraction of sp³-hybridized carbons (Fsp3) is 0. The summed E-state index contributed by atoms with van der Waals surface area (Å²) in [5.74, 6) is 0.309. The van der Waals surface area contributed by atoms with Gasteiger partial charge in [-0.3, -0.25) is 10.7 Å². The molecule has 0 fully saturated rings. The van der Waals surface area contributed by atoms with Gasteiger partial charge in [-0.2, -0.15) is 4.99 Å². The number of hydroxylamine groups is 1. The summed E-state index contributed by atoms with van der Waals surface area (Å²) in [7, 11) is 0. The lowest BCUT2D eigenvalue weighted by atomic mass is 10.7. The van der Waals surface area contributed by atoms with Crippen LogP contribution in [0.25, 0.3) is 0 Å². The third kappa shape index (κ3) is 1.79. The Balaban J connectivity index is 2.67. The maximum absolute atomic E-state index is 8.07. The molecule has 0 atom stereocenters. The summed E-state index contributed by atoms with van der Waals surface area (Å²) in [5, 5.41) is 8.07. The highest BCUT2D eigenvalue weighted by atomic mass is 16.5. The van der Waals surface area contributed by atoms with E-state index in [1.807, 2.05) is 0 Å². The van der Waals surface area contributed by atoms with Gasteiger partial charge in [-0.1, -0.05) is 0 Å². The van der Waals surface area contributed by atoms with Crippen LogP contribution in [-0.4, -0.2) is 21.5 Å². The molecule has 1 rings (SSSR count). The molecular formula is C5H6N4O. The summed E-state index contributed by atoms with van der Waals surface area (Å²) in [5.41, 5.74) is 1.74. The lowest BCUT2D eigenvalue weighted by molar-refractivity contribution is 0.240. The minimum atomic E-state index is 0.309. The van der Waals surface area contributed by atoms with E-state index in [4.69, 9.17) is 5.21 Å². The lowest BCUT2D eigenvalue weighted by Gasteiger charge is -1.86. The Bertz CT molecular complexity index is 210. The van der Waals surface area contributed by atoms with Crippen molar-refractivity contribution in [2.45, 2.75) is 0 Å². The first-order valence-electron chi connectivity index (χ1n) is 2.62. The zero-order valence-electron chi connectivity index (χ0n) is 5.10. The van der Waals surface area contributed by atoms with E-state index in [-0.39, 0.29) is 0 Å². The molecule has 0 aliphatic heterocycles. The molecule has 0 saturated heterocycles. The quantitative estimate of drug-likeness (QED) is 0.346. The molecule has 0 bridgehead atoms. The third-order valence-electron chi connectivity index (χ3n) is 0.790. The van der Waals surface area contributed by atoms with Crippen molar-refractivity contribution < 1.29 is 5.21 Å². The molecule has 0 aromatic carbocycles. The second-order valence-electron chi connectivity index (χ2n) is 1.44. The molecule has 0 radical (unpaired) electrons. The predicted molar refractivity (Wildman–Crippen MR) is 35.1 cm³/mol. The minimum absolute atomic E-state index is 0.309. The van der Waals surface area contributed by atoms with Gasteiger partial charge in [-0.25, -0.2) is 9.97 Å². The topological polar surface area (TPSA) is 70.4 Å². The molecule has 0 unspecified atom stereocenters. The van der Waals surface area contributed by atoms with Gasteiger partial charge in [0.05, 0.1) is 0 Å². The van der Waals surface area contributed by atoms with E-state index in [1.54, 1.807) is 23.9 Å². The molecule has 1 aromatic heterocycles. The van der Waals surface area contributed by atoms with Gasteiger partial charge in [0.25, 0.3) is 5.95 Å². The minimum Gasteiger partial charge on any atom is -0.290 e. The number of hydrogen-bond acceptors (Lipinski definition) is 4. The summed E-state index contributed by atoms with van der Waals surface area (Å²) in [6, 6.07) is 1.69. The summed E-state index contributed by atoms with van der Waals surface area (Å²) in [4.78, 5) is 11.1. The van der Waals surface area contributed by atoms with Crippen molar-refractivity contribution in [2.75, 3.05) is 0 Å². The van der Waals surface area contributed by atoms with Crippen LogP contribution in [0.2, 0.25) is 0 Å². The molecule has 0 aliphatic rings. The van der Waals surface area contributed by atoms with Gasteiger partial charge in [-0.05, 0) is 6.07 Å². The van der Waals surface area contributed by atoms with Crippen molar-refractivity contribution in [3.05, 3.63) is 18.5 Å². The highest BCUT2D eigenvalue weighted by Crippen LogP contribution is 1.95. The van der Waals surface area contributed by atoms with E-state index >= 15 is 0 Å². The number of aliphatic imine (C=N–C) groups is 1. The Kier molecular flexibility index (Phi) is 2.33. The molecule has 52 valence electrons. The van der Waals surface area contributed by atoms with Gasteiger partial charge in [0.15, 0.2) is 0 Å². The number of rotatable bonds is 2. The van der Waals surface area contributed by atoms with Crippen LogP contribution in [0.1, 0.15) is 0 Å². The molecule has 1 heterocycles. The maximum atomic E-state index is 8.07. The first-order chi connectivity index (χ1) is 4.93. The van der Waals surface area contributed by atoms with Crippen molar-refractivity contribution in [3.8, 4) is 0 Å². The molecule has 5 heteroatoms. The second-order valence-corrected chi connectivity index (χ2v) is 1.44. The van der Waals surface area contributed by atoms with Crippen LogP contribution in [-0.2, 0) is 0 Å². The SMILES string of the molecule is ON/C=N/c1ncccn1. The van der Waals surface area contributed by atoms with Gasteiger partial charge in [0.1, 0.15) is 6.34 Å². The molecule has 2 N–H and O–H groups in total. The van der Waals surface area contributed by atoms with Crippen LogP contribution in [0, 0.1) is 0 Å². The van der Waals surface area contributed by atoms with Crippen LogP contribution >= 0.6 is 0 Å². The smallest absolute Gasteiger partial charge is 0.250 e. The summed E-state index contributed by atoms with van der Waals surface area (Å²) >= 11 is 0. The fourth-order valence-electron chi connectivity index (χ4n) is 0.444. The summed E-state index contributed by atoms with van der Waals surface area (Å²) in [6.07, 6.45) is 4.23. The molecule has 0 aliphatic carbocycles. The van der Waals surface area contributed by atoms with Crippen LogP contribution in [0.4, 0.5) is 5.95 Å². The van der Waals surface area contributed by atoms with E-state index in [9.17, 15) is 0 Å². The van der Waals surface area contributed by atoms with Gasteiger partial charge in [0.2, 0.25) is 0 Å². The highest BCUT2D eigenvalue weighted by molar-refractivity contribution is 5.56. The first-order valence-corrected chi connectivity index (χ1v) is 2.62. The molecule has 0 saturated carbocycles. The number of nitrogens with zero attached hydrogens (tertiary/aromatic N) is 3. The highest BCUT2D eigenvalue weighted by Gasteiger charge is 1.83. The Hall–Kier alpha value is -1.49. The predicted octanol–water partition coefficient (Wildman–Crippen LogP) is 0.115. The van der Waals surface area contributed by atoms with Crippen molar-refractivity contribution in [1.29, 1.82) is 0 Å². The van der Waals surface area contributed by atoms with Gasteiger partial charge in [-0.15, -0.1) is 0 Å². The van der Waals surface area contributed by atoms with E-state index in [0.717, 1.165) is 6.34 Å². The zero-order chi connectivity index (χ0) is 7.23. The van der Waals surface area contributed by atoms with Crippen molar-refractivity contribution in [1.82, 2.24) is 15.4 Å². The largest absolute Gasteiger partial charge is 0.290 e. The molecule has 10 heavy (non-hydrogen) atoms. The second kappa shape index (κ2) is 3.52. The van der Waals surface area contributed by atoms with Crippen LogP contribution < -0.4 is 5.48 Å². The van der Waals surface area contributed by atoms with E-state index in [2.05, 4.69) is 15.0 Å². The first kappa shape index (κ1) is 6.63. The monoisotopic (exact) mass is 138 g/mol. The van der Waals surface area contributed by atoms with Crippen molar-refractivity contribution in [3.63, 3.8) is 0 Å². The summed E-state index contributed by atoms with van der Waals surface area (Å²) in [6.45, 7) is 0.